The quantitative estimate of drug-likeness (QED) is 0.678. The van der Waals surface area contributed by atoms with Crippen molar-refractivity contribution in [2.45, 2.75) is 55.4 Å². The maximum absolute atomic E-state index is 13.3. The normalized spacial score (nSPS) is 20.2. The molecule has 1 saturated carbocycles. The molecule has 2 aromatic rings. The summed E-state index contributed by atoms with van der Waals surface area (Å²) < 4.78 is 39.6. The zero-order valence-corrected chi connectivity index (χ0v) is 15.4. The Morgan fingerprint density at radius 2 is 1.69 bits per heavy atom. The Morgan fingerprint density at radius 3 is 2.35 bits per heavy atom. The van der Waals surface area contributed by atoms with Crippen LogP contribution in [0.15, 0.2) is 35.2 Å². The van der Waals surface area contributed by atoms with Crippen molar-refractivity contribution in [1.82, 2.24) is 0 Å². The fourth-order valence-corrected chi connectivity index (χ4v) is 4.43. The Balaban J connectivity index is 1.65. The summed E-state index contributed by atoms with van der Waals surface area (Å²) >= 11 is 1.83. The largest absolute Gasteiger partial charge is 0.393 e. The Labute approximate surface area is 155 Å². The lowest BCUT2D eigenvalue weighted by Gasteiger charge is -2.25. The molecule has 0 radical (unpaired) electrons. The summed E-state index contributed by atoms with van der Waals surface area (Å²) in [6, 6.07) is 7.98. The van der Waals surface area contributed by atoms with E-state index in [1.807, 2.05) is 23.9 Å². The molecular formula is C20H22F3NOS. The molecular weight excluding hydrogens is 359 g/mol. The monoisotopic (exact) mass is 381 g/mol. The van der Waals surface area contributed by atoms with Gasteiger partial charge in [-0.3, -0.25) is 0 Å². The zero-order valence-electron chi connectivity index (χ0n) is 14.6. The Morgan fingerprint density at radius 1 is 1.04 bits per heavy atom. The molecule has 0 bridgehead atoms. The number of hydrogen-bond donors (Lipinski definition) is 2. The van der Waals surface area contributed by atoms with Gasteiger partial charge in [-0.1, -0.05) is 12.1 Å². The molecule has 0 amide bonds. The number of halogens is 3. The van der Waals surface area contributed by atoms with E-state index in [9.17, 15) is 18.3 Å². The number of rotatable bonds is 5. The van der Waals surface area contributed by atoms with Crippen LogP contribution < -0.4 is 5.32 Å². The van der Waals surface area contributed by atoms with E-state index in [4.69, 9.17) is 0 Å². The number of aryl methyl sites for hydroxylation is 1. The first-order valence-electron chi connectivity index (χ1n) is 8.75. The van der Waals surface area contributed by atoms with E-state index in [0.717, 1.165) is 43.4 Å². The van der Waals surface area contributed by atoms with Gasteiger partial charge in [-0.05, 0) is 49.8 Å². The van der Waals surface area contributed by atoms with Gasteiger partial charge in [-0.25, -0.2) is 13.2 Å². The third-order valence-corrected chi connectivity index (χ3v) is 6.17. The van der Waals surface area contributed by atoms with E-state index in [0.29, 0.717) is 11.8 Å². The van der Waals surface area contributed by atoms with Gasteiger partial charge in [0.05, 0.1) is 6.10 Å². The van der Waals surface area contributed by atoms with Crippen molar-refractivity contribution in [2.75, 3.05) is 5.32 Å². The fraction of sp³-hybridized carbons (Fsp3) is 0.400. The number of aliphatic hydroxyl groups is 1. The molecule has 0 unspecified atom stereocenters. The first-order valence-corrected chi connectivity index (χ1v) is 9.63. The predicted octanol–water partition coefficient (Wildman–Crippen LogP) is 5.42. The minimum Gasteiger partial charge on any atom is -0.393 e. The van der Waals surface area contributed by atoms with Crippen LogP contribution in [0.1, 0.15) is 36.8 Å². The van der Waals surface area contributed by atoms with Gasteiger partial charge in [0.1, 0.15) is 0 Å². The van der Waals surface area contributed by atoms with E-state index < -0.39 is 17.5 Å². The molecule has 1 fully saturated rings. The molecule has 2 nitrogen and oxygen atoms in total. The van der Waals surface area contributed by atoms with Crippen molar-refractivity contribution >= 4 is 17.4 Å². The average molecular weight is 381 g/mol. The molecule has 140 valence electrons. The number of benzene rings is 2. The summed E-state index contributed by atoms with van der Waals surface area (Å²) in [5.41, 5.74) is 2.38. The van der Waals surface area contributed by atoms with Gasteiger partial charge in [-0.15, -0.1) is 11.8 Å². The van der Waals surface area contributed by atoms with Crippen LogP contribution >= 0.6 is 11.8 Å². The maximum Gasteiger partial charge on any atom is 0.194 e. The molecule has 0 aromatic heterocycles. The molecule has 2 aromatic carbocycles. The van der Waals surface area contributed by atoms with Gasteiger partial charge < -0.3 is 10.4 Å². The molecule has 2 N–H and O–H groups in total. The highest BCUT2D eigenvalue weighted by molar-refractivity contribution is 8.00. The maximum atomic E-state index is 13.3. The summed E-state index contributed by atoms with van der Waals surface area (Å²) in [5, 5.41) is 13.1. The lowest BCUT2D eigenvalue weighted by Crippen LogP contribution is -2.19. The Hall–Kier alpha value is -1.66. The van der Waals surface area contributed by atoms with Crippen LogP contribution in [-0.2, 0) is 6.54 Å². The van der Waals surface area contributed by atoms with E-state index in [1.54, 1.807) is 0 Å². The number of anilines is 1. The lowest BCUT2D eigenvalue weighted by atomic mass is 9.97. The topological polar surface area (TPSA) is 32.3 Å². The predicted molar refractivity (Wildman–Crippen MR) is 98.9 cm³/mol. The minimum atomic E-state index is -1.46. The second-order valence-corrected chi connectivity index (χ2v) is 8.10. The summed E-state index contributed by atoms with van der Waals surface area (Å²) in [6.07, 6.45) is 3.53. The van der Waals surface area contributed by atoms with Crippen LogP contribution in [0.4, 0.5) is 18.9 Å². The second kappa shape index (κ2) is 8.35. The van der Waals surface area contributed by atoms with Crippen LogP contribution in [0.25, 0.3) is 0 Å². The smallest absolute Gasteiger partial charge is 0.194 e. The van der Waals surface area contributed by atoms with Gasteiger partial charge >= 0.3 is 0 Å². The Kier molecular flexibility index (Phi) is 6.14. The first kappa shape index (κ1) is 19.1. The summed E-state index contributed by atoms with van der Waals surface area (Å²) in [4.78, 5) is 1.18. The third-order valence-electron chi connectivity index (χ3n) is 4.67. The number of thioether (sulfide) groups is 1. The third kappa shape index (κ3) is 4.74. The van der Waals surface area contributed by atoms with Crippen molar-refractivity contribution in [3.63, 3.8) is 0 Å². The lowest BCUT2D eigenvalue weighted by molar-refractivity contribution is 0.132. The van der Waals surface area contributed by atoms with Crippen molar-refractivity contribution in [3.8, 4) is 0 Å². The fourth-order valence-electron chi connectivity index (χ4n) is 3.09. The van der Waals surface area contributed by atoms with E-state index in [2.05, 4.69) is 18.3 Å². The van der Waals surface area contributed by atoms with Crippen molar-refractivity contribution in [2.24, 2.45) is 0 Å². The molecule has 0 aliphatic heterocycles. The SMILES string of the molecule is Cc1ccc(CNc2cc(F)c(F)c(F)c2)cc1SC1CCC(O)CC1. The van der Waals surface area contributed by atoms with E-state index >= 15 is 0 Å². The summed E-state index contributed by atoms with van der Waals surface area (Å²) in [6.45, 7) is 2.45. The highest BCUT2D eigenvalue weighted by Crippen LogP contribution is 2.35. The number of aliphatic hydroxyl groups excluding tert-OH is 1. The molecule has 6 heteroatoms. The average Bonchev–Trinajstić information content (AvgIpc) is 2.62. The van der Waals surface area contributed by atoms with Gasteiger partial charge in [0, 0.05) is 34.5 Å². The molecule has 0 saturated heterocycles. The molecule has 1 aliphatic rings. The van der Waals surface area contributed by atoms with Crippen LogP contribution in [-0.4, -0.2) is 16.5 Å². The highest BCUT2D eigenvalue weighted by Gasteiger charge is 2.20. The Bertz CT molecular complexity index is 753. The van der Waals surface area contributed by atoms with Crippen LogP contribution in [0, 0.1) is 24.4 Å². The minimum absolute atomic E-state index is 0.167. The number of nitrogens with one attached hydrogen (secondary N) is 1. The summed E-state index contributed by atoms with van der Waals surface area (Å²) in [7, 11) is 0. The van der Waals surface area contributed by atoms with E-state index in [-0.39, 0.29) is 11.8 Å². The van der Waals surface area contributed by atoms with Crippen molar-refractivity contribution in [3.05, 3.63) is 58.9 Å². The number of hydrogen-bond acceptors (Lipinski definition) is 3. The highest BCUT2D eigenvalue weighted by atomic mass is 32.2. The van der Waals surface area contributed by atoms with Crippen LogP contribution in [0.3, 0.4) is 0 Å². The molecule has 3 rings (SSSR count). The van der Waals surface area contributed by atoms with Crippen molar-refractivity contribution in [1.29, 1.82) is 0 Å². The van der Waals surface area contributed by atoms with Crippen LogP contribution in [0.5, 0.6) is 0 Å². The van der Waals surface area contributed by atoms with Crippen molar-refractivity contribution < 1.29 is 18.3 Å². The van der Waals surface area contributed by atoms with Crippen LogP contribution in [0.2, 0.25) is 0 Å². The molecule has 1 aliphatic carbocycles. The van der Waals surface area contributed by atoms with Gasteiger partial charge in [-0.2, -0.15) is 0 Å². The zero-order chi connectivity index (χ0) is 18.7. The van der Waals surface area contributed by atoms with E-state index in [1.165, 1.54) is 10.5 Å². The van der Waals surface area contributed by atoms with Gasteiger partial charge in [0.15, 0.2) is 17.5 Å². The molecule has 0 heterocycles. The molecule has 0 atom stereocenters. The second-order valence-electron chi connectivity index (χ2n) is 6.76. The first-order chi connectivity index (χ1) is 12.4. The molecule has 26 heavy (non-hydrogen) atoms. The van der Waals surface area contributed by atoms with Gasteiger partial charge in [0.25, 0.3) is 0 Å². The standard InChI is InChI=1S/C20H22F3NOS/c1-12-2-3-13(8-19(12)26-16-6-4-15(25)5-7-16)11-24-14-9-17(21)20(23)18(22)10-14/h2-3,8-10,15-16,24-25H,4-7,11H2,1H3. The molecule has 0 spiro atoms. The van der Waals surface area contributed by atoms with Gasteiger partial charge in [0.2, 0.25) is 0 Å². The summed E-state index contributed by atoms with van der Waals surface area (Å²) in [5.74, 6) is -3.86.